The Hall–Kier alpha value is -1.59. The van der Waals surface area contributed by atoms with Crippen molar-refractivity contribution < 1.29 is 9.53 Å². The minimum atomic E-state index is -0.00671. The molecule has 0 aromatic heterocycles. The molecule has 5 nitrogen and oxygen atoms in total. The topological polar surface area (TPSA) is 67.6 Å². The lowest BCUT2D eigenvalue weighted by atomic mass is 10.1. The van der Waals surface area contributed by atoms with Gasteiger partial charge < -0.3 is 15.8 Å². The Morgan fingerprint density at radius 3 is 3.15 bits per heavy atom. The quantitative estimate of drug-likeness (QED) is 0.804. The van der Waals surface area contributed by atoms with Crippen molar-refractivity contribution in [1.82, 2.24) is 4.90 Å². The number of anilines is 2. The summed E-state index contributed by atoms with van der Waals surface area (Å²) in [7, 11) is 0. The van der Waals surface area contributed by atoms with Crippen LogP contribution in [0.25, 0.3) is 0 Å². The van der Waals surface area contributed by atoms with Crippen molar-refractivity contribution in [2.45, 2.75) is 25.9 Å². The Balaban J connectivity index is 1.82. The zero-order chi connectivity index (χ0) is 14.4. The highest BCUT2D eigenvalue weighted by molar-refractivity contribution is 5.92. The number of benzene rings is 1. The zero-order valence-electron chi connectivity index (χ0n) is 12.0. The van der Waals surface area contributed by atoms with E-state index in [4.69, 9.17) is 10.5 Å². The Morgan fingerprint density at radius 2 is 2.40 bits per heavy atom. The van der Waals surface area contributed by atoms with Crippen molar-refractivity contribution in [3.63, 3.8) is 0 Å². The highest BCUT2D eigenvalue weighted by Crippen LogP contribution is 2.14. The van der Waals surface area contributed by atoms with Gasteiger partial charge in [-0.15, -0.1) is 0 Å². The average Bonchev–Trinajstić information content (AvgIpc) is 2.39. The number of amides is 1. The maximum atomic E-state index is 12.0. The fourth-order valence-electron chi connectivity index (χ4n) is 2.55. The first-order chi connectivity index (χ1) is 9.67. The summed E-state index contributed by atoms with van der Waals surface area (Å²) in [5.74, 6) is -0.00671. The molecule has 1 aromatic carbocycles. The Bertz CT molecular complexity index is 448. The van der Waals surface area contributed by atoms with E-state index in [9.17, 15) is 4.79 Å². The van der Waals surface area contributed by atoms with Gasteiger partial charge in [0.2, 0.25) is 5.91 Å². The normalized spacial score (nSPS) is 19.8. The molecule has 20 heavy (non-hydrogen) atoms. The van der Waals surface area contributed by atoms with Crippen LogP contribution >= 0.6 is 0 Å². The number of nitrogen functional groups attached to an aromatic ring is 1. The van der Waals surface area contributed by atoms with Crippen LogP contribution < -0.4 is 11.1 Å². The van der Waals surface area contributed by atoms with Gasteiger partial charge in [-0.3, -0.25) is 9.69 Å². The van der Waals surface area contributed by atoms with Crippen molar-refractivity contribution in [3.8, 4) is 0 Å². The van der Waals surface area contributed by atoms with E-state index in [-0.39, 0.29) is 12.0 Å². The highest BCUT2D eigenvalue weighted by Gasteiger charge is 2.21. The first kappa shape index (κ1) is 14.8. The van der Waals surface area contributed by atoms with Crippen molar-refractivity contribution in [1.29, 1.82) is 0 Å². The molecule has 1 unspecified atom stereocenters. The first-order valence-electron chi connectivity index (χ1n) is 7.16. The summed E-state index contributed by atoms with van der Waals surface area (Å²) >= 11 is 0. The first-order valence-corrected chi connectivity index (χ1v) is 7.16. The van der Waals surface area contributed by atoms with Crippen LogP contribution in [0, 0.1) is 0 Å². The van der Waals surface area contributed by atoms with Crippen LogP contribution in [-0.4, -0.2) is 43.2 Å². The minimum absolute atomic E-state index is 0.00671. The lowest BCUT2D eigenvalue weighted by Gasteiger charge is -2.31. The zero-order valence-corrected chi connectivity index (χ0v) is 12.0. The van der Waals surface area contributed by atoms with Gasteiger partial charge in [0.1, 0.15) is 0 Å². The van der Waals surface area contributed by atoms with Gasteiger partial charge in [0.05, 0.1) is 12.6 Å². The summed E-state index contributed by atoms with van der Waals surface area (Å²) in [5, 5.41) is 2.88. The number of nitrogens with one attached hydrogen (secondary N) is 1. The molecule has 0 saturated carbocycles. The fraction of sp³-hybridized carbons (Fsp3) is 0.533. The minimum Gasteiger partial charge on any atom is -0.399 e. The number of hydrogen-bond acceptors (Lipinski definition) is 4. The van der Waals surface area contributed by atoms with Crippen LogP contribution in [0.5, 0.6) is 0 Å². The van der Waals surface area contributed by atoms with Gasteiger partial charge in [-0.05, 0) is 44.5 Å². The molecule has 2 rings (SSSR count). The molecule has 5 heteroatoms. The van der Waals surface area contributed by atoms with Crippen molar-refractivity contribution in [2.75, 3.05) is 37.3 Å². The SMILES string of the molecule is CCOC1CCCN(CC(=O)Nc2cccc(N)c2)C1. The van der Waals surface area contributed by atoms with Gasteiger partial charge in [-0.2, -0.15) is 0 Å². The van der Waals surface area contributed by atoms with E-state index in [0.29, 0.717) is 12.2 Å². The summed E-state index contributed by atoms with van der Waals surface area (Å²) in [5.41, 5.74) is 7.09. The van der Waals surface area contributed by atoms with Crippen molar-refractivity contribution >= 4 is 17.3 Å². The smallest absolute Gasteiger partial charge is 0.238 e. The third kappa shape index (κ3) is 4.51. The second-order valence-corrected chi connectivity index (χ2v) is 5.13. The molecule has 1 atom stereocenters. The molecule has 1 fully saturated rings. The molecular formula is C15H23N3O2. The molecule has 0 bridgehead atoms. The molecule has 1 amide bonds. The number of likely N-dealkylation sites (tertiary alicyclic amines) is 1. The molecule has 110 valence electrons. The van der Waals surface area contributed by atoms with Gasteiger partial charge in [-0.1, -0.05) is 6.07 Å². The average molecular weight is 277 g/mol. The molecule has 0 aliphatic carbocycles. The number of rotatable bonds is 5. The molecule has 0 spiro atoms. The molecule has 1 aliphatic heterocycles. The Morgan fingerprint density at radius 1 is 1.55 bits per heavy atom. The van der Waals surface area contributed by atoms with E-state index >= 15 is 0 Å². The maximum absolute atomic E-state index is 12.0. The predicted octanol–water partition coefficient (Wildman–Crippen LogP) is 1.71. The van der Waals surface area contributed by atoms with Gasteiger partial charge in [0.15, 0.2) is 0 Å². The van der Waals surface area contributed by atoms with E-state index in [1.807, 2.05) is 19.1 Å². The summed E-state index contributed by atoms with van der Waals surface area (Å²) in [4.78, 5) is 14.2. The molecule has 0 radical (unpaired) electrons. The van der Waals surface area contributed by atoms with Gasteiger partial charge in [-0.25, -0.2) is 0 Å². The molecule has 1 aliphatic rings. The van der Waals surface area contributed by atoms with E-state index in [1.54, 1.807) is 12.1 Å². The largest absolute Gasteiger partial charge is 0.399 e. The van der Waals surface area contributed by atoms with E-state index in [2.05, 4.69) is 10.2 Å². The van der Waals surface area contributed by atoms with Crippen LogP contribution in [0.2, 0.25) is 0 Å². The number of hydrogen-bond donors (Lipinski definition) is 2. The fourth-order valence-corrected chi connectivity index (χ4v) is 2.55. The standard InChI is InChI=1S/C15H23N3O2/c1-2-20-14-7-4-8-18(10-14)11-15(19)17-13-6-3-5-12(16)9-13/h3,5-6,9,14H,2,4,7-8,10-11,16H2,1H3,(H,17,19). The van der Waals surface area contributed by atoms with E-state index in [1.165, 1.54) is 0 Å². The van der Waals surface area contributed by atoms with Gasteiger partial charge in [0.25, 0.3) is 0 Å². The highest BCUT2D eigenvalue weighted by atomic mass is 16.5. The Kier molecular flexibility index (Phi) is 5.38. The number of carbonyl (C=O) groups excluding carboxylic acids is 1. The summed E-state index contributed by atoms with van der Waals surface area (Å²) < 4.78 is 5.64. The van der Waals surface area contributed by atoms with Crippen LogP contribution in [0.1, 0.15) is 19.8 Å². The van der Waals surface area contributed by atoms with Crippen LogP contribution in [0.3, 0.4) is 0 Å². The van der Waals surface area contributed by atoms with Crippen LogP contribution in [-0.2, 0) is 9.53 Å². The number of piperidine rings is 1. The van der Waals surface area contributed by atoms with Gasteiger partial charge in [0, 0.05) is 24.5 Å². The number of nitrogens with zero attached hydrogens (tertiary/aromatic N) is 1. The van der Waals surface area contributed by atoms with Crippen molar-refractivity contribution in [3.05, 3.63) is 24.3 Å². The number of carbonyl (C=O) groups is 1. The second-order valence-electron chi connectivity index (χ2n) is 5.13. The predicted molar refractivity (Wildman–Crippen MR) is 80.6 cm³/mol. The van der Waals surface area contributed by atoms with Crippen LogP contribution in [0.4, 0.5) is 11.4 Å². The molecule has 1 heterocycles. The lowest BCUT2D eigenvalue weighted by Crippen LogP contribution is -2.43. The summed E-state index contributed by atoms with van der Waals surface area (Å²) in [6, 6.07) is 7.23. The van der Waals surface area contributed by atoms with E-state index in [0.717, 1.165) is 38.2 Å². The summed E-state index contributed by atoms with van der Waals surface area (Å²) in [6.07, 6.45) is 2.42. The van der Waals surface area contributed by atoms with E-state index < -0.39 is 0 Å². The van der Waals surface area contributed by atoms with Crippen LogP contribution in [0.15, 0.2) is 24.3 Å². The maximum Gasteiger partial charge on any atom is 0.238 e. The monoisotopic (exact) mass is 277 g/mol. The molecule has 1 aromatic rings. The van der Waals surface area contributed by atoms with Crippen molar-refractivity contribution in [2.24, 2.45) is 0 Å². The lowest BCUT2D eigenvalue weighted by molar-refractivity contribution is -0.118. The Labute approximate surface area is 120 Å². The summed E-state index contributed by atoms with van der Waals surface area (Å²) in [6.45, 7) is 4.92. The third-order valence-electron chi connectivity index (χ3n) is 3.40. The molecular weight excluding hydrogens is 254 g/mol. The number of ether oxygens (including phenoxy) is 1. The molecule has 1 saturated heterocycles. The number of nitrogens with two attached hydrogens (primary N) is 1. The molecule has 3 N–H and O–H groups in total. The second kappa shape index (κ2) is 7.26. The van der Waals surface area contributed by atoms with Gasteiger partial charge >= 0.3 is 0 Å². The third-order valence-corrected chi connectivity index (χ3v) is 3.40.